The number of hydrogen-bond acceptors (Lipinski definition) is 3. The van der Waals surface area contributed by atoms with Gasteiger partial charge in [-0.3, -0.25) is 4.79 Å². The highest BCUT2D eigenvalue weighted by atomic mass is 16.3. The first-order valence-electron chi connectivity index (χ1n) is 6.45. The van der Waals surface area contributed by atoms with Crippen LogP contribution in [0.4, 0.5) is 0 Å². The van der Waals surface area contributed by atoms with Crippen molar-refractivity contribution in [3.8, 4) is 0 Å². The van der Waals surface area contributed by atoms with Gasteiger partial charge in [0, 0.05) is 16.5 Å². The maximum absolute atomic E-state index is 12.7. The van der Waals surface area contributed by atoms with E-state index in [1.54, 1.807) is 25.1 Å². The SMILES string of the molecule is C[C@@]1(O)c2ccccc2C(=O)c2c3ccccc3nn21. The second-order valence-electron chi connectivity index (χ2n) is 5.17. The Morgan fingerprint density at radius 1 is 1.10 bits per heavy atom. The van der Waals surface area contributed by atoms with Crippen molar-refractivity contribution in [3.05, 3.63) is 65.4 Å². The molecule has 0 amide bonds. The van der Waals surface area contributed by atoms with Gasteiger partial charge in [-0.15, -0.1) is 0 Å². The first kappa shape index (κ1) is 11.4. The van der Waals surface area contributed by atoms with Gasteiger partial charge in [0.05, 0.1) is 5.52 Å². The van der Waals surface area contributed by atoms with Crippen molar-refractivity contribution >= 4 is 16.7 Å². The van der Waals surface area contributed by atoms with Crippen molar-refractivity contribution in [1.82, 2.24) is 9.78 Å². The van der Waals surface area contributed by atoms with E-state index in [-0.39, 0.29) is 5.78 Å². The zero-order valence-electron chi connectivity index (χ0n) is 10.9. The van der Waals surface area contributed by atoms with Gasteiger partial charge in [0.25, 0.3) is 0 Å². The Kier molecular flexibility index (Phi) is 2.02. The lowest BCUT2D eigenvalue weighted by Gasteiger charge is -2.31. The van der Waals surface area contributed by atoms with Gasteiger partial charge >= 0.3 is 0 Å². The van der Waals surface area contributed by atoms with Gasteiger partial charge in [0.15, 0.2) is 5.72 Å². The maximum Gasteiger partial charge on any atom is 0.212 e. The quantitative estimate of drug-likeness (QED) is 0.677. The third kappa shape index (κ3) is 1.24. The molecule has 4 heteroatoms. The smallest absolute Gasteiger partial charge is 0.212 e. The molecule has 0 bridgehead atoms. The van der Waals surface area contributed by atoms with E-state index < -0.39 is 5.72 Å². The molecule has 1 atom stereocenters. The fourth-order valence-corrected chi connectivity index (χ4v) is 2.90. The van der Waals surface area contributed by atoms with E-state index in [1.165, 1.54) is 4.68 Å². The number of carbonyl (C=O) groups is 1. The lowest BCUT2D eigenvalue weighted by molar-refractivity contribution is 0.00701. The molecule has 3 aromatic rings. The fourth-order valence-electron chi connectivity index (χ4n) is 2.90. The molecular weight excluding hydrogens is 252 g/mol. The van der Waals surface area contributed by atoms with Crippen molar-refractivity contribution in [3.63, 3.8) is 0 Å². The average Bonchev–Trinajstić information content (AvgIpc) is 2.86. The van der Waals surface area contributed by atoms with Crippen molar-refractivity contribution in [1.29, 1.82) is 0 Å². The van der Waals surface area contributed by atoms with E-state index in [0.717, 1.165) is 5.39 Å². The predicted octanol–water partition coefficient (Wildman–Crippen LogP) is 2.29. The summed E-state index contributed by atoms with van der Waals surface area (Å²) in [6.07, 6.45) is 0. The topological polar surface area (TPSA) is 55.1 Å². The van der Waals surface area contributed by atoms with Crippen LogP contribution in [0.25, 0.3) is 10.9 Å². The highest BCUT2D eigenvalue weighted by Crippen LogP contribution is 2.36. The molecule has 0 aliphatic carbocycles. The van der Waals surface area contributed by atoms with E-state index >= 15 is 0 Å². The Hall–Kier alpha value is -2.46. The zero-order chi connectivity index (χ0) is 13.9. The highest BCUT2D eigenvalue weighted by Gasteiger charge is 2.40. The minimum absolute atomic E-state index is 0.0965. The molecule has 1 aliphatic heterocycles. The number of benzene rings is 2. The minimum Gasteiger partial charge on any atom is -0.366 e. The zero-order valence-corrected chi connectivity index (χ0v) is 10.9. The third-order valence-electron chi connectivity index (χ3n) is 3.89. The van der Waals surface area contributed by atoms with Crippen molar-refractivity contribution < 1.29 is 9.90 Å². The molecule has 0 fully saturated rings. The summed E-state index contributed by atoms with van der Waals surface area (Å²) in [5.41, 5.74) is 0.966. The second-order valence-corrected chi connectivity index (χ2v) is 5.17. The summed E-state index contributed by atoms with van der Waals surface area (Å²) in [7, 11) is 0. The van der Waals surface area contributed by atoms with Crippen LogP contribution in [-0.4, -0.2) is 20.7 Å². The summed E-state index contributed by atoms with van der Waals surface area (Å²) in [5, 5.41) is 16.0. The highest BCUT2D eigenvalue weighted by molar-refractivity contribution is 6.16. The molecule has 2 heterocycles. The first-order chi connectivity index (χ1) is 9.60. The normalized spacial score (nSPS) is 20.8. The van der Waals surface area contributed by atoms with Crippen LogP contribution in [-0.2, 0) is 5.72 Å². The van der Waals surface area contributed by atoms with Gasteiger partial charge in [0.1, 0.15) is 5.69 Å². The van der Waals surface area contributed by atoms with Gasteiger partial charge in [0.2, 0.25) is 5.78 Å². The van der Waals surface area contributed by atoms with Crippen LogP contribution in [0.2, 0.25) is 0 Å². The molecule has 0 spiro atoms. The molecule has 2 aromatic carbocycles. The van der Waals surface area contributed by atoms with Crippen LogP contribution in [0.5, 0.6) is 0 Å². The molecule has 4 nitrogen and oxygen atoms in total. The number of ketones is 1. The van der Waals surface area contributed by atoms with Crippen LogP contribution in [0.3, 0.4) is 0 Å². The predicted molar refractivity (Wildman–Crippen MR) is 74.6 cm³/mol. The number of nitrogens with zero attached hydrogens (tertiary/aromatic N) is 2. The first-order valence-corrected chi connectivity index (χ1v) is 6.45. The number of carbonyl (C=O) groups excluding carboxylic acids is 1. The maximum atomic E-state index is 12.7. The Labute approximate surface area is 115 Å². The molecular formula is C16H12N2O2. The molecule has 0 saturated heterocycles. The third-order valence-corrected chi connectivity index (χ3v) is 3.89. The van der Waals surface area contributed by atoms with E-state index in [2.05, 4.69) is 5.10 Å². The van der Waals surface area contributed by atoms with E-state index in [1.807, 2.05) is 30.3 Å². The van der Waals surface area contributed by atoms with Crippen molar-refractivity contribution in [2.45, 2.75) is 12.6 Å². The second kappa shape index (κ2) is 3.55. The molecule has 4 rings (SSSR count). The van der Waals surface area contributed by atoms with Crippen molar-refractivity contribution in [2.24, 2.45) is 0 Å². The largest absolute Gasteiger partial charge is 0.366 e. The minimum atomic E-state index is -1.32. The van der Waals surface area contributed by atoms with Gasteiger partial charge in [-0.05, 0) is 13.0 Å². The fraction of sp³-hybridized carbons (Fsp3) is 0.125. The van der Waals surface area contributed by atoms with Crippen LogP contribution < -0.4 is 0 Å². The molecule has 0 unspecified atom stereocenters. The Morgan fingerprint density at radius 3 is 2.65 bits per heavy atom. The van der Waals surface area contributed by atoms with Crippen LogP contribution in [0.15, 0.2) is 48.5 Å². The molecule has 98 valence electrons. The van der Waals surface area contributed by atoms with Gasteiger partial charge in [-0.25, -0.2) is 4.68 Å². The lowest BCUT2D eigenvalue weighted by Crippen LogP contribution is -2.40. The lowest BCUT2D eigenvalue weighted by atomic mass is 9.90. The summed E-state index contributed by atoms with van der Waals surface area (Å²) >= 11 is 0. The molecule has 0 radical (unpaired) electrons. The van der Waals surface area contributed by atoms with E-state index in [0.29, 0.717) is 22.3 Å². The summed E-state index contributed by atoms with van der Waals surface area (Å²) in [5.74, 6) is -0.0965. The number of aromatic nitrogens is 2. The molecule has 0 saturated carbocycles. The standard InChI is InChI=1S/C16H12N2O2/c1-16(20)12-8-4-2-6-10(12)15(19)14-11-7-3-5-9-13(11)17-18(14)16/h2-9,20H,1H3/t16-/m1/s1. The van der Waals surface area contributed by atoms with Gasteiger partial charge in [-0.1, -0.05) is 42.5 Å². The average molecular weight is 264 g/mol. The van der Waals surface area contributed by atoms with Crippen LogP contribution in [0.1, 0.15) is 28.5 Å². The van der Waals surface area contributed by atoms with Crippen LogP contribution in [0, 0.1) is 0 Å². The Balaban J connectivity index is 2.16. The monoisotopic (exact) mass is 264 g/mol. The number of aliphatic hydroxyl groups is 1. The Bertz CT molecular complexity index is 862. The molecule has 1 aromatic heterocycles. The number of hydrogen-bond donors (Lipinski definition) is 1. The molecule has 20 heavy (non-hydrogen) atoms. The van der Waals surface area contributed by atoms with Crippen molar-refractivity contribution in [2.75, 3.05) is 0 Å². The number of rotatable bonds is 0. The Morgan fingerprint density at radius 2 is 1.80 bits per heavy atom. The van der Waals surface area contributed by atoms with Crippen LogP contribution >= 0.6 is 0 Å². The summed E-state index contributed by atoms with van der Waals surface area (Å²) < 4.78 is 1.43. The summed E-state index contributed by atoms with van der Waals surface area (Å²) in [4.78, 5) is 12.7. The summed E-state index contributed by atoms with van der Waals surface area (Å²) in [6.45, 7) is 1.66. The van der Waals surface area contributed by atoms with E-state index in [4.69, 9.17) is 0 Å². The number of fused-ring (bicyclic) bond motifs is 4. The molecule has 1 aliphatic rings. The molecule has 1 N–H and O–H groups in total. The van der Waals surface area contributed by atoms with Gasteiger partial charge in [-0.2, -0.15) is 5.10 Å². The summed E-state index contributed by atoms with van der Waals surface area (Å²) in [6, 6.07) is 14.6. The van der Waals surface area contributed by atoms with E-state index in [9.17, 15) is 9.90 Å². The van der Waals surface area contributed by atoms with Gasteiger partial charge < -0.3 is 5.11 Å².